The van der Waals surface area contributed by atoms with Crippen LogP contribution in [0, 0.1) is 5.92 Å². The van der Waals surface area contributed by atoms with Gasteiger partial charge in [-0.2, -0.15) is 0 Å². The molecule has 0 aromatic heterocycles. The van der Waals surface area contributed by atoms with Crippen molar-refractivity contribution in [1.29, 1.82) is 0 Å². The average Bonchev–Trinajstić information content (AvgIpc) is 2.37. The van der Waals surface area contributed by atoms with E-state index in [9.17, 15) is 4.79 Å². The van der Waals surface area contributed by atoms with Gasteiger partial charge in [-0.05, 0) is 37.8 Å². The second kappa shape index (κ2) is 7.88. The van der Waals surface area contributed by atoms with E-state index in [1.807, 2.05) is 6.07 Å². The Morgan fingerprint density at radius 3 is 2.28 bits per heavy atom. The van der Waals surface area contributed by atoms with Gasteiger partial charge in [-0.3, -0.25) is 4.79 Å². The topological polar surface area (TPSA) is 35.5 Å². The molecule has 1 aromatic carbocycles. The molecule has 100 valence electrons. The van der Waals surface area contributed by atoms with Gasteiger partial charge in [-0.15, -0.1) is 0 Å². The smallest absolute Gasteiger partial charge is 0.153 e. The molecule has 0 spiro atoms. The van der Waals surface area contributed by atoms with Crippen LogP contribution in [0.5, 0.6) is 5.75 Å². The number of hydrogen-bond donors (Lipinski definition) is 0. The number of carbonyl (C=O) groups excluding carboxylic acids is 1. The molecule has 1 atom stereocenters. The number of rotatable bonds is 4. The van der Waals surface area contributed by atoms with Crippen LogP contribution in [0.25, 0.3) is 0 Å². The van der Waals surface area contributed by atoms with Crippen molar-refractivity contribution in [2.24, 2.45) is 5.92 Å². The molecule has 1 aromatic rings. The molecule has 0 amide bonds. The quantitative estimate of drug-likeness (QED) is 0.769. The van der Waals surface area contributed by atoms with Crippen LogP contribution < -0.4 is 4.74 Å². The minimum absolute atomic E-state index is 0.503. The van der Waals surface area contributed by atoms with Crippen LogP contribution in [0.1, 0.15) is 36.5 Å². The van der Waals surface area contributed by atoms with Gasteiger partial charge < -0.3 is 9.47 Å². The molecule has 3 nitrogen and oxygen atoms in total. The van der Waals surface area contributed by atoms with E-state index in [0.717, 1.165) is 12.2 Å². The van der Waals surface area contributed by atoms with E-state index in [-0.39, 0.29) is 0 Å². The summed E-state index contributed by atoms with van der Waals surface area (Å²) < 4.78 is 10.1. The normalized spacial score (nSPS) is 15.9. The van der Waals surface area contributed by atoms with Crippen molar-refractivity contribution in [2.45, 2.75) is 32.3 Å². The van der Waals surface area contributed by atoms with E-state index < -0.39 is 0 Å². The summed E-state index contributed by atoms with van der Waals surface area (Å²) in [5.41, 5.74) is 0.588. The lowest BCUT2D eigenvalue weighted by molar-refractivity contribution is 0.0330. The van der Waals surface area contributed by atoms with Crippen molar-refractivity contribution in [3.05, 3.63) is 29.8 Å². The van der Waals surface area contributed by atoms with Gasteiger partial charge in [0.15, 0.2) is 6.29 Å². The second-order valence-electron chi connectivity index (χ2n) is 4.49. The molecule has 0 radical (unpaired) electrons. The summed E-state index contributed by atoms with van der Waals surface area (Å²) in [5, 5.41) is 0. The first-order valence-corrected chi connectivity index (χ1v) is 6.34. The van der Waals surface area contributed by atoms with Crippen LogP contribution in [0.4, 0.5) is 0 Å². The Bertz CT molecular complexity index is 356. The van der Waals surface area contributed by atoms with E-state index in [1.54, 1.807) is 32.4 Å². The van der Waals surface area contributed by atoms with Gasteiger partial charge >= 0.3 is 0 Å². The van der Waals surface area contributed by atoms with Crippen LogP contribution in [-0.4, -0.2) is 26.6 Å². The molecule has 0 aliphatic heterocycles. The van der Waals surface area contributed by atoms with Crippen LogP contribution in [0.15, 0.2) is 24.3 Å². The average molecular weight is 250 g/mol. The fourth-order valence-electron chi connectivity index (χ4n) is 1.87. The Balaban J connectivity index is 0.000000184. The number of aldehydes is 1. The molecule has 1 aliphatic rings. The van der Waals surface area contributed by atoms with Crippen molar-refractivity contribution in [2.75, 3.05) is 14.2 Å². The zero-order valence-electron chi connectivity index (χ0n) is 11.4. The Kier molecular flexibility index (Phi) is 6.44. The number of hydrogen-bond acceptors (Lipinski definition) is 3. The standard InChI is InChI=1S/C8H8O2.C7H14O/c1-10-8-5-3-2-4-7(8)6-9;1-6(8-2)7-4-3-5-7/h2-6H,1H3;6-7H,3-5H2,1-2H3. The molecular formula is C15H22O3. The maximum Gasteiger partial charge on any atom is 0.153 e. The molecule has 0 heterocycles. The number of methoxy groups -OCH3 is 2. The van der Waals surface area contributed by atoms with E-state index in [0.29, 0.717) is 17.4 Å². The number of benzene rings is 1. The first-order valence-electron chi connectivity index (χ1n) is 6.34. The molecule has 1 saturated carbocycles. The summed E-state index contributed by atoms with van der Waals surface area (Å²) in [6.45, 7) is 2.16. The highest BCUT2D eigenvalue weighted by Gasteiger charge is 2.22. The van der Waals surface area contributed by atoms with Crippen LogP contribution in [-0.2, 0) is 4.74 Å². The summed E-state index contributed by atoms with van der Waals surface area (Å²) in [4.78, 5) is 10.3. The van der Waals surface area contributed by atoms with Gasteiger partial charge in [0.05, 0.1) is 18.8 Å². The lowest BCUT2D eigenvalue weighted by Crippen LogP contribution is -2.25. The van der Waals surface area contributed by atoms with E-state index in [2.05, 4.69) is 6.92 Å². The van der Waals surface area contributed by atoms with E-state index in [4.69, 9.17) is 9.47 Å². The van der Waals surface area contributed by atoms with Crippen molar-refractivity contribution in [3.8, 4) is 5.75 Å². The highest BCUT2D eigenvalue weighted by molar-refractivity contribution is 5.79. The number of carbonyl (C=O) groups is 1. The molecule has 18 heavy (non-hydrogen) atoms. The summed E-state index contributed by atoms with van der Waals surface area (Å²) in [6.07, 6.45) is 5.46. The lowest BCUT2D eigenvalue weighted by Gasteiger charge is -2.30. The fourth-order valence-corrected chi connectivity index (χ4v) is 1.87. The molecule has 0 bridgehead atoms. The first kappa shape index (κ1) is 14.7. The summed E-state index contributed by atoms with van der Waals surface area (Å²) in [7, 11) is 3.34. The lowest BCUT2D eigenvalue weighted by atomic mass is 9.82. The Morgan fingerprint density at radius 1 is 1.28 bits per heavy atom. The van der Waals surface area contributed by atoms with Crippen LogP contribution in [0.2, 0.25) is 0 Å². The minimum Gasteiger partial charge on any atom is -0.496 e. The van der Waals surface area contributed by atoms with Crippen molar-refractivity contribution in [1.82, 2.24) is 0 Å². The van der Waals surface area contributed by atoms with Gasteiger partial charge in [0, 0.05) is 7.11 Å². The molecule has 0 N–H and O–H groups in total. The molecule has 1 unspecified atom stereocenters. The van der Waals surface area contributed by atoms with Gasteiger partial charge in [-0.1, -0.05) is 18.6 Å². The Hall–Kier alpha value is -1.35. The third-order valence-corrected chi connectivity index (χ3v) is 3.45. The van der Waals surface area contributed by atoms with Gasteiger partial charge in [-0.25, -0.2) is 0 Å². The summed E-state index contributed by atoms with van der Waals surface area (Å²) >= 11 is 0. The molecule has 2 rings (SSSR count). The second-order valence-corrected chi connectivity index (χ2v) is 4.49. The SMILES string of the molecule is COC(C)C1CCC1.COc1ccccc1C=O. The molecule has 1 aliphatic carbocycles. The summed E-state index contributed by atoms with van der Waals surface area (Å²) in [5.74, 6) is 1.50. The number of ether oxygens (including phenoxy) is 2. The Morgan fingerprint density at radius 2 is 1.94 bits per heavy atom. The maximum absolute atomic E-state index is 10.3. The molecule has 0 saturated heterocycles. The predicted molar refractivity (Wildman–Crippen MR) is 72.2 cm³/mol. The van der Waals surface area contributed by atoms with E-state index >= 15 is 0 Å². The van der Waals surface area contributed by atoms with Crippen molar-refractivity contribution in [3.63, 3.8) is 0 Å². The zero-order valence-corrected chi connectivity index (χ0v) is 11.4. The largest absolute Gasteiger partial charge is 0.496 e. The first-order chi connectivity index (χ1) is 8.72. The highest BCUT2D eigenvalue weighted by atomic mass is 16.5. The third-order valence-electron chi connectivity index (χ3n) is 3.45. The zero-order chi connectivity index (χ0) is 13.4. The predicted octanol–water partition coefficient (Wildman–Crippen LogP) is 3.33. The van der Waals surface area contributed by atoms with Crippen molar-refractivity contribution < 1.29 is 14.3 Å². The molecule has 3 heteroatoms. The van der Waals surface area contributed by atoms with Crippen LogP contribution in [0.3, 0.4) is 0 Å². The van der Waals surface area contributed by atoms with Crippen molar-refractivity contribution >= 4 is 6.29 Å². The summed E-state index contributed by atoms with van der Waals surface area (Å²) in [6, 6.07) is 7.09. The van der Waals surface area contributed by atoms with E-state index in [1.165, 1.54) is 19.3 Å². The molecule has 1 fully saturated rings. The van der Waals surface area contributed by atoms with Gasteiger partial charge in [0.25, 0.3) is 0 Å². The third kappa shape index (κ3) is 4.15. The number of para-hydroxylation sites is 1. The van der Waals surface area contributed by atoms with Crippen LogP contribution >= 0.6 is 0 Å². The molecular weight excluding hydrogens is 228 g/mol. The fraction of sp³-hybridized carbons (Fsp3) is 0.533. The monoisotopic (exact) mass is 250 g/mol. The van der Waals surface area contributed by atoms with Gasteiger partial charge in [0.1, 0.15) is 5.75 Å². The van der Waals surface area contributed by atoms with Gasteiger partial charge in [0.2, 0.25) is 0 Å². The maximum atomic E-state index is 10.3. The Labute approximate surface area is 109 Å². The minimum atomic E-state index is 0.503. The highest BCUT2D eigenvalue weighted by Crippen LogP contribution is 2.30.